The van der Waals surface area contributed by atoms with Crippen LogP contribution in [-0.2, 0) is 11.2 Å². The Bertz CT molecular complexity index is 413. The van der Waals surface area contributed by atoms with Crippen LogP contribution in [0.5, 0.6) is 5.75 Å². The van der Waals surface area contributed by atoms with E-state index in [0.717, 1.165) is 25.7 Å². The van der Waals surface area contributed by atoms with Gasteiger partial charge in [-0.2, -0.15) is 0 Å². The maximum atomic E-state index is 11.7. The van der Waals surface area contributed by atoms with E-state index in [-0.39, 0.29) is 24.6 Å². The third-order valence-electron chi connectivity index (χ3n) is 3.67. The Balaban J connectivity index is 2.40. The average Bonchev–Trinajstić information content (AvgIpc) is 2.51. The summed E-state index contributed by atoms with van der Waals surface area (Å²) in [5, 5.41) is 2.95. The molecule has 0 aliphatic rings. The predicted octanol–water partition coefficient (Wildman–Crippen LogP) is 2.65. The number of nitrogens with two attached hydrogens (primary N) is 1. The smallest absolute Gasteiger partial charge is 0.258 e. The van der Waals surface area contributed by atoms with Gasteiger partial charge in [0.1, 0.15) is 5.75 Å². The molecule has 0 spiro atoms. The fourth-order valence-electron chi connectivity index (χ4n) is 2.08. The molecule has 3 N–H and O–H groups in total. The van der Waals surface area contributed by atoms with Gasteiger partial charge in [0.2, 0.25) is 0 Å². The van der Waals surface area contributed by atoms with Crippen molar-refractivity contribution < 1.29 is 9.53 Å². The maximum Gasteiger partial charge on any atom is 0.258 e. The monoisotopic (exact) mass is 292 g/mol. The van der Waals surface area contributed by atoms with Crippen molar-refractivity contribution in [3.63, 3.8) is 0 Å². The molecular formula is C17H28N2O2. The van der Waals surface area contributed by atoms with Crippen LogP contribution in [0, 0.1) is 0 Å². The van der Waals surface area contributed by atoms with Crippen LogP contribution in [0.15, 0.2) is 24.3 Å². The number of rotatable bonds is 9. The lowest BCUT2D eigenvalue weighted by atomic mass is 10.0. The van der Waals surface area contributed by atoms with Crippen LogP contribution in [0.3, 0.4) is 0 Å². The average molecular weight is 292 g/mol. The van der Waals surface area contributed by atoms with Crippen LogP contribution >= 0.6 is 0 Å². The van der Waals surface area contributed by atoms with Crippen molar-refractivity contribution >= 4 is 5.91 Å². The second kappa shape index (κ2) is 9.40. The van der Waals surface area contributed by atoms with Gasteiger partial charge in [-0.3, -0.25) is 4.79 Å². The highest BCUT2D eigenvalue weighted by atomic mass is 16.5. The Morgan fingerprint density at radius 2 is 1.76 bits per heavy atom. The van der Waals surface area contributed by atoms with Crippen LogP contribution < -0.4 is 15.8 Å². The van der Waals surface area contributed by atoms with Crippen molar-refractivity contribution in [3.8, 4) is 5.75 Å². The number of hydrogen-bond donors (Lipinski definition) is 2. The van der Waals surface area contributed by atoms with E-state index in [4.69, 9.17) is 10.5 Å². The molecule has 1 atom stereocenters. The van der Waals surface area contributed by atoms with Gasteiger partial charge in [-0.15, -0.1) is 0 Å². The van der Waals surface area contributed by atoms with E-state index in [2.05, 4.69) is 26.1 Å². The van der Waals surface area contributed by atoms with E-state index < -0.39 is 0 Å². The molecule has 0 fully saturated rings. The third-order valence-corrected chi connectivity index (χ3v) is 3.67. The quantitative estimate of drug-likeness (QED) is 0.735. The molecule has 4 heteroatoms. The van der Waals surface area contributed by atoms with Gasteiger partial charge in [0.25, 0.3) is 5.91 Å². The lowest BCUT2D eigenvalue weighted by Gasteiger charge is -2.15. The van der Waals surface area contributed by atoms with E-state index >= 15 is 0 Å². The zero-order valence-corrected chi connectivity index (χ0v) is 13.4. The van der Waals surface area contributed by atoms with E-state index in [1.807, 2.05) is 24.3 Å². The van der Waals surface area contributed by atoms with Gasteiger partial charge in [0, 0.05) is 12.1 Å². The fourth-order valence-corrected chi connectivity index (χ4v) is 2.08. The van der Waals surface area contributed by atoms with Gasteiger partial charge in [0.05, 0.1) is 0 Å². The number of carbonyl (C=O) groups is 1. The molecular weight excluding hydrogens is 264 g/mol. The lowest BCUT2D eigenvalue weighted by molar-refractivity contribution is -0.123. The minimum Gasteiger partial charge on any atom is -0.484 e. The minimum atomic E-state index is -0.0687. The molecule has 0 aliphatic carbocycles. The molecule has 0 aliphatic heterocycles. The van der Waals surface area contributed by atoms with E-state index in [9.17, 15) is 4.79 Å². The Morgan fingerprint density at radius 1 is 1.14 bits per heavy atom. The van der Waals surface area contributed by atoms with Gasteiger partial charge in [-0.25, -0.2) is 0 Å². The van der Waals surface area contributed by atoms with Gasteiger partial charge in [-0.05, 0) is 43.4 Å². The first-order chi connectivity index (χ1) is 10.1. The Labute approximate surface area is 128 Å². The predicted molar refractivity (Wildman–Crippen MR) is 86.4 cm³/mol. The summed E-state index contributed by atoms with van der Waals surface area (Å²) in [6, 6.07) is 8.22. The van der Waals surface area contributed by atoms with Crippen molar-refractivity contribution in [3.05, 3.63) is 29.8 Å². The standard InChI is InChI=1S/C17H28N2O2/c1-4-14(18)11-13-7-9-16(10-8-13)21-12-17(20)19-15(5-2)6-3/h7-10,14-15H,4-6,11-12,18H2,1-3H3,(H,19,20). The Hall–Kier alpha value is -1.55. The maximum absolute atomic E-state index is 11.7. The van der Waals surface area contributed by atoms with E-state index in [1.54, 1.807) is 0 Å². The molecule has 1 aromatic carbocycles. The second-order valence-electron chi connectivity index (χ2n) is 5.39. The first-order valence-electron chi connectivity index (χ1n) is 7.85. The third kappa shape index (κ3) is 6.63. The summed E-state index contributed by atoms with van der Waals surface area (Å²) in [4.78, 5) is 11.7. The highest BCUT2D eigenvalue weighted by molar-refractivity contribution is 5.77. The molecule has 0 saturated carbocycles. The normalized spacial score (nSPS) is 12.2. The first kappa shape index (κ1) is 17.5. The van der Waals surface area contributed by atoms with Crippen molar-refractivity contribution in [2.75, 3.05) is 6.61 Å². The van der Waals surface area contributed by atoms with Crippen molar-refractivity contribution in [2.24, 2.45) is 5.73 Å². The molecule has 1 aromatic rings. The molecule has 118 valence electrons. The molecule has 0 bridgehead atoms. The van der Waals surface area contributed by atoms with Gasteiger partial charge in [-0.1, -0.05) is 32.9 Å². The summed E-state index contributed by atoms with van der Waals surface area (Å²) >= 11 is 0. The summed E-state index contributed by atoms with van der Waals surface area (Å²) in [7, 11) is 0. The molecule has 0 aromatic heterocycles. The summed E-state index contributed by atoms with van der Waals surface area (Å²) < 4.78 is 5.50. The topological polar surface area (TPSA) is 64.3 Å². The van der Waals surface area contributed by atoms with Gasteiger partial charge < -0.3 is 15.8 Å². The molecule has 4 nitrogen and oxygen atoms in total. The highest BCUT2D eigenvalue weighted by Gasteiger charge is 2.09. The molecule has 0 saturated heterocycles. The number of hydrogen-bond acceptors (Lipinski definition) is 3. The summed E-state index contributed by atoms with van der Waals surface area (Å²) in [6.07, 6.45) is 3.71. The molecule has 21 heavy (non-hydrogen) atoms. The van der Waals surface area contributed by atoms with Crippen LogP contribution in [0.2, 0.25) is 0 Å². The molecule has 0 radical (unpaired) electrons. The van der Waals surface area contributed by atoms with Crippen molar-refractivity contribution in [1.82, 2.24) is 5.32 Å². The summed E-state index contributed by atoms with van der Waals surface area (Å²) in [5.74, 6) is 0.643. The Morgan fingerprint density at radius 3 is 2.29 bits per heavy atom. The summed E-state index contributed by atoms with van der Waals surface area (Å²) in [5.41, 5.74) is 7.12. The minimum absolute atomic E-state index is 0.0598. The van der Waals surface area contributed by atoms with Crippen LogP contribution in [0.4, 0.5) is 0 Å². The lowest BCUT2D eigenvalue weighted by Crippen LogP contribution is -2.37. The van der Waals surface area contributed by atoms with E-state index in [0.29, 0.717) is 5.75 Å². The molecule has 0 heterocycles. The number of nitrogens with one attached hydrogen (secondary N) is 1. The summed E-state index contributed by atoms with van der Waals surface area (Å²) in [6.45, 7) is 6.27. The second-order valence-corrected chi connectivity index (χ2v) is 5.39. The van der Waals surface area contributed by atoms with E-state index in [1.165, 1.54) is 5.56 Å². The Kier molecular flexibility index (Phi) is 7.83. The molecule has 1 rings (SSSR count). The highest BCUT2D eigenvalue weighted by Crippen LogP contribution is 2.13. The number of benzene rings is 1. The van der Waals surface area contributed by atoms with Gasteiger partial charge in [0.15, 0.2) is 6.61 Å². The largest absolute Gasteiger partial charge is 0.484 e. The SMILES string of the molecule is CCC(N)Cc1ccc(OCC(=O)NC(CC)CC)cc1. The van der Waals surface area contributed by atoms with Crippen LogP contribution in [-0.4, -0.2) is 24.6 Å². The zero-order chi connectivity index (χ0) is 15.7. The fraction of sp³-hybridized carbons (Fsp3) is 0.588. The molecule has 1 unspecified atom stereocenters. The number of amides is 1. The van der Waals surface area contributed by atoms with Gasteiger partial charge >= 0.3 is 0 Å². The molecule has 1 amide bonds. The number of carbonyl (C=O) groups excluding carboxylic acids is 1. The van der Waals surface area contributed by atoms with Crippen LogP contribution in [0.1, 0.15) is 45.6 Å². The number of ether oxygens (including phenoxy) is 1. The van der Waals surface area contributed by atoms with Crippen molar-refractivity contribution in [2.45, 2.75) is 58.5 Å². The van der Waals surface area contributed by atoms with Crippen LogP contribution in [0.25, 0.3) is 0 Å². The zero-order valence-electron chi connectivity index (χ0n) is 13.4. The van der Waals surface area contributed by atoms with Crippen molar-refractivity contribution in [1.29, 1.82) is 0 Å². The first-order valence-corrected chi connectivity index (χ1v) is 7.85.